The van der Waals surface area contributed by atoms with Crippen LogP contribution in [0.25, 0.3) is 11.1 Å². The molecular weight excluding hydrogens is 392 g/mol. The molecule has 29 heavy (non-hydrogen) atoms. The van der Waals surface area contributed by atoms with Crippen molar-refractivity contribution in [3.8, 4) is 22.6 Å². The van der Waals surface area contributed by atoms with E-state index in [1.807, 2.05) is 0 Å². The number of benzene rings is 1. The zero-order valence-corrected chi connectivity index (χ0v) is 17.5. The molecule has 1 fully saturated rings. The molecule has 0 saturated carbocycles. The summed E-state index contributed by atoms with van der Waals surface area (Å²) in [6, 6.07) is 5.18. The maximum Gasteiger partial charge on any atom is 0.280 e. The Morgan fingerprint density at radius 3 is 2.41 bits per heavy atom. The van der Waals surface area contributed by atoms with Gasteiger partial charge in [0.05, 0.1) is 33.3 Å². The van der Waals surface area contributed by atoms with Gasteiger partial charge in [-0.3, -0.25) is 4.79 Å². The van der Waals surface area contributed by atoms with Crippen LogP contribution in [0.3, 0.4) is 0 Å². The van der Waals surface area contributed by atoms with Crippen molar-refractivity contribution in [3.63, 3.8) is 0 Å². The number of carboxylic acid groups (broad SMARTS) is 1. The van der Waals surface area contributed by atoms with Crippen molar-refractivity contribution >= 4 is 28.2 Å². The molecule has 8 heteroatoms. The lowest BCUT2D eigenvalue weighted by Crippen LogP contribution is -3.12. The van der Waals surface area contributed by atoms with Crippen molar-refractivity contribution in [2.45, 2.75) is 25.7 Å². The third-order valence-electron chi connectivity index (χ3n) is 5.16. The number of carbonyl (C=O) groups is 2. The summed E-state index contributed by atoms with van der Waals surface area (Å²) in [6.45, 7) is 2.29. The molecule has 2 N–H and O–H groups in total. The number of ether oxygens (including phenoxy) is 2. The summed E-state index contributed by atoms with van der Waals surface area (Å²) >= 11 is 1.18. The second-order valence-electron chi connectivity index (χ2n) is 7.10. The van der Waals surface area contributed by atoms with Gasteiger partial charge in [0.25, 0.3) is 5.91 Å². The highest BCUT2D eigenvalue weighted by Gasteiger charge is 2.21. The summed E-state index contributed by atoms with van der Waals surface area (Å²) < 4.78 is 10.5. The first kappa shape index (κ1) is 21.1. The third-order valence-corrected chi connectivity index (χ3v) is 6.06. The second kappa shape index (κ2) is 9.76. The molecule has 3 rings (SSSR count). The molecule has 1 saturated heterocycles. The number of nitrogens with one attached hydrogen (secondary N) is 2. The average Bonchev–Trinajstić information content (AvgIpc) is 2.95. The molecule has 0 radical (unpaired) electrons. The number of carbonyl (C=O) groups excluding carboxylic acids is 2. The number of rotatable bonds is 7. The molecule has 1 aromatic heterocycles. The van der Waals surface area contributed by atoms with Crippen LogP contribution in [0.4, 0.5) is 5.00 Å². The van der Waals surface area contributed by atoms with Gasteiger partial charge in [-0.2, -0.15) is 0 Å². The van der Waals surface area contributed by atoms with Gasteiger partial charge in [0.1, 0.15) is 5.00 Å². The van der Waals surface area contributed by atoms with Crippen molar-refractivity contribution in [2.24, 2.45) is 0 Å². The molecule has 0 aliphatic carbocycles. The Hall–Kier alpha value is -2.58. The summed E-state index contributed by atoms with van der Waals surface area (Å²) in [7, 11) is 3.06. The lowest BCUT2D eigenvalue weighted by Gasteiger charge is -2.17. The van der Waals surface area contributed by atoms with Crippen molar-refractivity contribution in [3.05, 3.63) is 29.1 Å². The first-order valence-corrected chi connectivity index (χ1v) is 10.6. The fourth-order valence-corrected chi connectivity index (χ4v) is 4.65. The maximum absolute atomic E-state index is 12.5. The highest BCUT2D eigenvalue weighted by molar-refractivity contribution is 7.15. The summed E-state index contributed by atoms with van der Waals surface area (Å²) in [5.74, 6) is -0.454. The Morgan fingerprint density at radius 1 is 1.10 bits per heavy atom. The number of hydrogen-bond donors (Lipinski definition) is 2. The summed E-state index contributed by atoms with van der Waals surface area (Å²) in [5, 5.41) is 16.6. The molecular formula is C21H26N2O5S. The Labute approximate surface area is 174 Å². The molecule has 1 aliphatic rings. The number of amides is 1. The van der Waals surface area contributed by atoms with E-state index in [4.69, 9.17) is 9.47 Å². The van der Waals surface area contributed by atoms with E-state index in [2.05, 4.69) is 5.32 Å². The zero-order valence-electron chi connectivity index (χ0n) is 16.7. The van der Waals surface area contributed by atoms with E-state index in [-0.39, 0.29) is 11.5 Å². The van der Waals surface area contributed by atoms with E-state index in [1.54, 1.807) is 23.6 Å². The highest BCUT2D eigenvalue weighted by atomic mass is 32.1. The summed E-state index contributed by atoms with van der Waals surface area (Å²) in [4.78, 5) is 25.6. The van der Waals surface area contributed by atoms with Gasteiger partial charge in [0.15, 0.2) is 18.0 Å². The van der Waals surface area contributed by atoms with E-state index in [9.17, 15) is 14.7 Å². The van der Waals surface area contributed by atoms with Crippen LogP contribution in [0.1, 0.15) is 36.0 Å². The van der Waals surface area contributed by atoms with Crippen molar-refractivity contribution in [2.75, 3.05) is 39.2 Å². The van der Waals surface area contributed by atoms with Gasteiger partial charge in [0.2, 0.25) is 0 Å². The number of hydrogen-bond acceptors (Lipinski definition) is 6. The monoisotopic (exact) mass is 418 g/mol. The molecule has 2 aromatic rings. The minimum absolute atomic E-state index is 0.0126. The van der Waals surface area contributed by atoms with Crippen molar-refractivity contribution in [1.29, 1.82) is 0 Å². The number of quaternary nitrogens is 1. The van der Waals surface area contributed by atoms with Crippen molar-refractivity contribution in [1.82, 2.24) is 0 Å². The van der Waals surface area contributed by atoms with Crippen LogP contribution in [0.15, 0.2) is 23.6 Å². The fraction of sp³-hybridized carbons (Fsp3) is 0.429. The smallest absolute Gasteiger partial charge is 0.280 e. The zero-order chi connectivity index (χ0) is 20.8. The molecule has 1 aliphatic heterocycles. The second-order valence-corrected chi connectivity index (χ2v) is 7.98. The number of likely N-dealkylation sites (tertiary alicyclic amines) is 1. The lowest BCUT2D eigenvalue weighted by molar-refractivity contribution is -0.890. The summed E-state index contributed by atoms with van der Waals surface area (Å²) in [6.07, 6.45) is 4.66. The van der Waals surface area contributed by atoms with Gasteiger partial charge in [-0.15, -0.1) is 11.3 Å². The quantitative estimate of drug-likeness (QED) is 0.705. The van der Waals surface area contributed by atoms with Gasteiger partial charge in [-0.1, -0.05) is 6.07 Å². The van der Waals surface area contributed by atoms with E-state index in [0.717, 1.165) is 25.9 Å². The van der Waals surface area contributed by atoms with E-state index < -0.39 is 5.97 Å². The number of carboxylic acids is 1. The minimum atomic E-state index is -1.33. The maximum atomic E-state index is 12.5. The predicted octanol–water partition coefficient (Wildman–Crippen LogP) is 1.19. The van der Waals surface area contributed by atoms with Crippen LogP contribution in [-0.2, 0) is 4.79 Å². The SMILES string of the molecule is COc1ccc(-c2csc(NC(=O)C[NH+]3CCCCCC3)c2C(=O)[O-])cc1OC. The predicted molar refractivity (Wildman–Crippen MR) is 110 cm³/mol. The van der Waals surface area contributed by atoms with Gasteiger partial charge >= 0.3 is 0 Å². The van der Waals surface area contributed by atoms with Crippen LogP contribution in [-0.4, -0.2) is 45.7 Å². The highest BCUT2D eigenvalue weighted by Crippen LogP contribution is 2.38. The number of anilines is 1. The molecule has 1 aromatic carbocycles. The largest absolute Gasteiger partial charge is 0.545 e. The fourth-order valence-electron chi connectivity index (χ4n) is 3.67. The molecule has 156 valence electrons. The average molecular weight is 419 g/mol. The van der Waals surface area contributed by atoms with Crippen LogP contribution in [0, 0.1) is 0 Å². The molecule has 0 spiro atoms. The van der Waals surface area contributed by atoms with Gasteiger partial charge < -0.3 is 29.6 Å². The van der Waals surface area contributed by atoms with E-state index in [0.29, 0.717) is 34.2 Å². The standard InChI is InChI=1S/C21H26N2O5S/c1-27-16-8-7-14(11-17(16)28-2)15-13-29-20(19(15)21(25)26)22-18(24)12-23-9-5-3-4-6-10-23/h7-8,11,13H,3-6,9-10,12H2,1-2H3,(H,22,24)(H,25,26). The van der Waals surface area contributed by atoms with Crippen LogP contribution >= 0.6 is 11.3 Å². The first-order valence-electron chi connectivity index (χ1n) is 9.72. The number of methoxy groups -OCH3 is 2. The molecule has 1 amide bonds. The van der Waals surface area contributed by atoms with Crippen LogP contribution < -0.4 is 24.8 Å². The van der Waals surface area contributed by atoms with Gasteiger partial charge in [-0.05, 0) is 43.4 Å². The van der Waals surface area contributed by atoms with Gasteiger partial charge in [-0.25, -0.2) is 0 Å². The third kappa shape index (κ3) is 5.07. The van der Waals surface area contributed by atoms with Crippen LogP contribution in [0.2, 0.25) is 0 Å². The Bertz CT molecular complexity index is 872. The molecule has 0 unspecified atom stereocenters. The van der Waals surface area contributed by atoms with E-state index >= 15 is 0 Å². The molecule has 7 nitrogen and oxygen atoms in total. The first-order chi connectivity index (χ1) is 14.0. The normalized spacial score (nSPS) is 14.8. The molecule has 0 atom stereocenters. The number of thiophene rings is 1. The molecule has 2 heterocycles. The van der Waals surface area contributed by atoms with Crippen LogP contribution in [0.5, 0.6) is 11.5 Å². The van der Waals surface area contributed by atoms with Gasteiger partial charge in [0, 0.05) is 16.5 Å². The van der Waals surface area contributed by atoms with Crippen molar-refractivity contribution < 1.29 is 29.1 Å². The Morgan fingerprint density at radius 2 is 1.79 bits per heavy atom. The Balaban J connectivity index is 1.81. The number of aromatic carboxylic acids is 1. The van der Waals surface area contributed by atoms with E-state index in [1.165, 1.54) is 43.3 Å². The minimum Gasteiger partial charge on any atom is -0.545 e. The summed E-state index contributed by atoms with van der Waals surface area (Å²) in [5.41, 5.74) is 1.12. The molecule has 0 bridgehead atoms. The lowest BCUT2D eigenvalue weighted by atomic mass is 10.0. The Kier molecular flexibility index (Phi) is 7.11. The topological polar surface area (TPSA) is 92.1 Å².